The van der Waals surface area contributed by atoms with Crippen LogP contribution < -0.4 is 0 Å². The van der Waals surface area contributed by atoms with Gasteiger partial charge in [0.1, 0.15) is 12.7 Å². The second kappa shape index (κ2) is 7.53. The van der Waals surface area contributed by atoms with Gasteiger partial charge in [0.2, 0.25) is 6.10 Å². The lowest BCUT2D eigenvalue weighted by Gasteiger charge is -2.08. The van der Waals surface area contributed by atoms with Crippen LogP contribution in [0.5, 0.6) is 0 Å². The van der Waals surface area contributed by atoms with Crippen LogP contribution in [0.25, 0.3) is 0 Å². The molecule has 0 heterocycles. The Balaban J connectivity index is 2.40. The quantitative estimate of drug-likeness (QED) is 0.727. The van der Waals surface area contributed by atoms with Gasteiger partial charge in [-0.15, -0.1) is 0 Å². The van der Waals surface area contributed by atoms with Gasteiger partial charge in [-0.2, -0.15) is 5.26 Å². The lowest BCUT2D eigenvalue weighted by atomic mass is 10.1. The molecule has 0 fully saturated rings. The van der Waals surface area contributed by atoms with E-state index < -0.39 is 12.8 Å². The fourth-order valence-corrected chi connectivity index (χ4v) is 1.41. The van der Waals surface area contributed by atoms with Crippen molar-refractivity contribution in [3.63, 3.8) is 0 Å². The first kappa shape index (κ1) is 13.3. The van der Waals surface area contributed by atoms with E-state index in [0.29, 0.717) is 6.42 Å². The average Bonchev–Trinajstić information content (AvgIpc) is 2.38. The van der Waals surface area contributed by atoms with E-state index in [1.54, 1.807) is 6.07 Å². The van der Waals surface area contributed by atoms with Gasteiger partial charge < -0.3 is 4.74 Å². The number of hydrogen-bond donors (Lipinski definition) is 0. The highest BCUT2D eigenvalue weighted by molar-refractivity contribution is 5.85. The van der Waals surface area contributed by atoms with Crippen LogP contribution >= 0.6 is 0 Å². The highest BCUT2D eigenvalue weighted by atomic mass is 19.1. The zero-order chi connectivity index (χ0) is 12.5. The second-order valence-electron chi connectivity index (χ2n) is 3.52. The van der Waals surface area contributed by atoms with Crippen molar-refractivity contribution < 1.29 is 13.9 Å². The van der Waals surface area contributed by atoms with Gasteiger partial charge in [0.15, 0.2) is 5.78 Å². The fourth-order valence-electron chi connectivity index (χ4n) is 1.41. The minimum atomic E-state index is -1.14. The summed E-state index contributed by atoms with van der Waals surface area (Å²) < 4.78 is 16.7. The number of ketones is 1. The van der Waals surface area contributed by atoms with Crippen molar-refractivity contribution in [2.45, 2.75) is 18.9 Å². The molecular weight excluding hydrogens is 221 g/mol. The summed E-state index contributed by atoms with van der Waals surface area (Å²) in [7, 11) is 0. The van der Waals surface area contributed by atoms with Crippen molar-refractivity contribution in [3.05, 3.63) is 35.9 Å². The van der Waals surface area contributed by atoms with Gasteiger partial charge in [0.25, 0.3) is 0 Å². The Hall–Kier alpha value is -1.73. The van der Waals surface area contributed by atoms with Gasteiger partial charge in [0, 0.05) is 6.42 Å². The van der Waals surface area contributed by atoms with Crippen molar-refractivity contribution in [2.75, 3.05) is 13.3 Å². The van der Waals surface area contributed by atoms with E-state index in [1.165, 1.54) is 0 Å². The number of carbonyl (C=O) groups is 1. The number of Topliss-reactive ketones (excluding diaryl/α,β-unsaturated/α-hetero) is 1. The van der Waals surface area contributed by atoms with Crippen LogP contribution in [-0.4, -0.2) is 25.2 Å². The number of hydrogen-bond acceptors (Lipinski definition) is 3. The lowest BCUT2D eigenvalue weighted by Crippen LogP contribution is -2.23. The van der Waals surface area contributed by atoms with Gasteiger partial charge in [0.05, 0.1) is 6.61 Å². The summed E-state index contributed by atoms with van der Waals surface area (Å²) in [6, 6.07) is 11.2. The van der Waals surface area contributed by atoms with E-state index in [4.69, 9.17) is 10.00 Å². The Morgan fingerprint density at radius 3 is 2.71 bits per heavy atom. The maximum absolute atomic E-state index is 11.9. The first-order chi connectivity index (χ1) is 8.27. The Kier molecular flexibility index (Phi) is 5.91. The molecule has 1 unspecified atom stereocenters. The Labute approximate surface area is 99.8 Å². The molecule has 4 heteroatoms. The Morgan fingerprint density at radius 2 is 2.12 bits per heavy atom. The number of rotatable bonds is 7. The van der Waals surface area contributed by atoms with Crippen LogP contribution in [0.15, 0.2) is 30.3 Å². The summed E-state index contributed by atoms with van der Waals surface area (Å²) in [5.74, 6) is -0.301. The molecule has 0 N–H and O–H groups in total. The molecule has 17 heavy (non-hydrogen) atoms. The van der Waals surface area contributed by atoms with Crippen LogP contribution in [0.2, 0.25) is 0 Å². The zero-order valence-corrected chi connectivity index (χ0v) is 9.43. The number of nitriles is 1. The Morgan fingerprint density at radius 1 is 1.41 bits per heavy atom. The van der Waals surface area contributed by atoms with E-state index in [0.717, 1.165) is 5.56 Å². The third-order valence-corrected chi connectivity index (χ3v) is 2.27. The van der Waals surface area contributed by atoms with Gasteiger partial charge in [-0.1, -0.05) is 30.3 Å². The molecule has 1 rings (SSSR count). The molecule has 0 amide bonds. The molecule has 0 radical (unpaired) electrons. The molecule has 90 valence electrons. The summed E-state index contributed by atoms with van der Waals surface area (Å²) in [5.41, 5.74) is 1.03. The van der Waals surface area contributed by atoms with Crippen LogP contribution in [0, 0.1) is 11.3 Å². The number of carbonyl (C=O) groups excluding carboxylic acids is 1. The van der Waals surface area contributed by atoms with E-state index >= 15 is 0 Å². The van der Waals surface area contributed by atoms with Gasteiger partial charge in [-0.25, -0.2) is 4.39 Å². The van der Waals surface area contributed by atoms with Crippen molar-refractivity contribution in [1.82, 2.24) is 0 Å². The normalized spacial score (nSPS) is 11.8. The molecule has 0 bridgehead atoms. The molecule has 0 saturated carbocycles. The standard InChI is InChI=1S/C13H14FNO2/c14-8-9-17-13(10-15)12(16)7-6-11-4-2-1-3-5-11/h1-5,13H,6-9H2. The predicted octanol–water partition coefficient (Wildman–Crippen LogP) is 2.07. The third-order valence-electron chi connectivity index (χ3n) is 2.27. The number of nitrogens with zero attached hydrogens (tertiary/aromatic N) is 1. The molecule has 0 spiro atoms. The monoisotopic (exact) mass is 235 g/mol. The summed E-state index contributed by atoms with van der Waals surface area (Å²) in [5, 5.41) is 8.70. The molecular formula is C13H14FNO2. The summed E-state index contributed by atoms with van der Waals surface area (Å²) >= 11 is 0. The maximum atomic E-state index is 11.9. The number of halogens is 1. The predicted molar refractivity (Wildman–Crippen MR) is 61.1 cm³/mol. The van der Waals surface area contributed by atoms with E-state index in [9.17, 15) is 9.18 Å². The van der Waals surface area contributed by atoms with Gasteiger partial charge >= 0.3 is 0 Å². The highest BCUT2D eigenvalue weighted by Gasteiger charge is 2.17. The third kappa shape index (κ3) is 4.75. The molecule has 3 nitrogen and oxygen atoms in total. The van der Waals surface area contributed by atoms with Crippen LogP contribution in [-0.2, 0) is 16.0 Å². The Bertz CT molecular complexity index is 386. The summed E-state index contributed by atoms with van der Waals surface area (Å²) in [4.78, 5) is 11.6. The van der Waals surface area contributed by atoms with E-state index in [-0.39, 0.29) is 18.8 Å². The van der Waals surface area contributed by atoms with Crippen molar-refractivity contribution in [2.24, 2.45) is 0 Å². The number of alkyl halides is 1. The second-order valence-corrected chi connectivity index (χ2v) is 3.52. The first-order valence-electron chi connectivity index (χ1n) is 5.41. The van der Waals surface area contributed by atoms with Gasteiger partial charge in [-0.3, -0.25) is 4.79 Å². The largest absolute Gasteiger partial charge is 0.353 e. The molecule has 0 aliphatic heterocycles. The zero-order valence-electron chi connectivity index (χ0n) is 9.43. The molecule has 0 aliphatic carbocycles. The molecule has 0 aromatic heterocycles. The van der Waals surface area contributed by atoms with E-state index in [1.807, 2.05) is 30.3 Å². The summed E-state index contributed by atoms with van der Waals surface area (Å²) in [6.07, 6.45) is -0.347. The van der Waals surface area contributed by atoms with Crippen molar-refractivity contribution in [1.29, 1.82) is 5.26 Å². The van der Waals surface area contributed by atoms with Crippen LogP contribution in [0.1, 0.15) is 12.0 Å². The molecule has 1 aromatic carbocycles. The van der Waals surface area contributed by atoms with E-state index in [2.05, 4.69) is 0 Å². The first-order valence-corrected chi connectivity index (χ1v) is 5.41. The number of ether oxygens (including phenoxy) is 1. The molecule has 0 saturated heterocycles. The lowest BCUT2D eigenvalue weighted by molar-refractivity contribution is -0.127. The number of aryl methyl sites for hydroxylation is 1. The minimum absolute atomic E-state index is 0.213. The van der Waals surface area contributed by atoms with Crippen LogP contribution in [0.3, 0.4) is 0 Å². The smallest absolute Gasteiger partial charge is 0.201 e. The minimum Gasteiger partial charge on any atom is -0.353 e. The highest BCUT2D eigenvalue weighted by Crippen LogP contribution is 2.05. The summed E-state index contributed by atoms with van der Waals surface area (Å²) in [6.45, 7) is -0.903. The van der Waals surface area contributed by atoms with Crippen LogP contribution in [0.4, 0.5) is 4.39 Å². The van der Waals surface area contributed by atoms with Gasteiger partial charge in [-0.05, 0) is 12.0 Å². The molecule has 0 aliphatic rings. The number of benzene rings is 1. The SMILES string of the molecule is N#CC(OCCF)C(=O)CCc1ccccc1. The average molecular weight is 235 g/mol. The van der Waals surface area contributed by atoms with Crippen molar-refractivity contribution >= 4 is 5.78 Å². The fraction of sp³-hybridized carbons (Fsp3) is 0.385. The molecule has 1 aromatic rings. The maximum Gasteiger partial charge on any atom is 0.201 e. The molecule has 1 atom stereocenters. The van der Waals surface area contributed by atoms with Crippen molar-refractivity contribution in [3.8, 4) is 6.07 Å². The topological polar surface area (TPSA) is 50.1 Å².